The second-order valence-corrected chi connectivity index (χ2v) is 12.4. The fourth-order valence-corrected chi connectivity index (χ4v) is 6.46. The van der Waals surface area contributed by atoms with Gasteiger partial charge in [-0.25, -0.2) is 17.1 Å². The molecular weight excluding hydrogens is 497 g/mol. The van der Waals surface area contributed by atoms with Crippen LogP contribution in [0.3, 0.4) is 0 Å². The predicted molar refractivity (Wildman–Crippen MR) is 137 cm³/mol. The summed E-state index contributed by atoms with van der Waals surface area (Å²) in [6, 6.07) is 9.00. The minimum atomic E-state index is -3.55. The van der Waals surface area contributed by atoms with Crippen LogP contribution < -0.4 is 10.6 Å². The number of hydrogen-bond acceptors (Lipinski definition) is 8. The molecule has 1 aromatic carbocycles. The molecular formula is C25H32FN7O3S. The van der Waals surface area contributed by atoms with E-state index in [1.165, 1.54) is 26.2 Å². The SMILES string of the molecule is CN(C)S(=O)(=O)c1ccc(Nc2nn([C@]3(CC#N)CC[C@H](N4CC(F)C4)CC3)c3c2C(O)NC=C3)cc1. The zero-order valence-corrected chi connectivity index (χ0v) is 21.7. The second kappa shape index (κ2) is 9.72. The van der Waals surface area contributed by atoms with E-state index in [2.05, 4.69) is 21.6 Å². The van der Waals surface area contributed by atoms with Crippen molar-refractivity contribution in [3.63, 3.8) is 0 Å². The summed E-state index contributed by atoms with van der Waals surface area (Å²) < 4.78 is 41.3. The minimum absolute atomic E-state index is 0.172. The van der Waals surface area contributed by atoms with Gasteiger partial charge in [-0.15, -0.1) is 0 Å². The standard InChI is InChI=1S/C25H32FN7O3S/c1-31(2)37(35,36)20-5-3-18(4-6-20)29-23-22-21(9-14-28-24(22)34)33(30-23)25(12-13-27)10-7-19(8-11-25)32-15-17(26)16-32/h3-6,9,14,17,19,24,28,34H,7-8,10-12,15-16H2,1-2H3,(H,29,30)/t19-,24?,25+. The zero-order valence-electron chi connectivity index (χ0n) is 20.9. The number of aliphatic hydroxyl groups is 1. The number of rotatable bonds is 7. The van der Waals surface area contributed by atoms with Gasteiger partial charge < -0.3 is 15.7 Å². The monoisotopic (exact) mass is 529 g/mol. The molecule has 1 atom stereocenters. The minimum Gasteiger partial charge on any atom is -0.369 e. The number of aromatic nitrogens is 2. The molecule has 10 nitrogen and oxygen atoms in total. The summed E-state index contributed by atoms with van der Waals surface area (Å²) in [6.07, 6.45) is 5.19. The molecule has 198 valence electrons. The molecule has 3 heterocycles. The highest BCUT2D eigenvalue weighted by atomic mass is 32.2. The van der Waals surface area contributed by atoms with E-state index in [9.17, 15) is 23.2 Å². The molecule has 3 aliphatic rings. The number of likely N-dealkylation sites (tertiary alicyclic amines) is 1. The maximum atomic E-state index is 13.4. The summed E-state index contributed by atoms with van der Waals surface area (Å²) in [6.45, 7) is 0.965. The van der Waals surface area contributed by atoms with Crippen LogP contribution in [0, 0.1) is 11.3 Å². The summed E-state index contributed by atoms with van der Waals surface area (Å²) in [5, 5.41) is 31.5. The van der Waals surface area contributed by atoms with Crippen molar-refractivity contribution >= 4 is 27.6 Å². The van der Waals surface area contributed by atoms with E-state index in [1.54, 1.807) is 18.3 Å². The van der Waals surface area contributed by atoms with Crippen LogP contribution in [0.5, 0.6) is 0 Å². The van der Waals surface area contributed by atoms with Crippen LogP contribution in [0.15, 0.2) is 35.4 Å². The third-order valence-corrected chi connectivity index (χ3v) is 9.58. The summed E-state index contributed by atoms with van der Waals surface area (Å²) in [5.74, 6) is 0.435. The molecule has 2 aromatic rings. The Morgan fingerprint density at radius 1 is 1.27 bits per heavy atom. The fourth-order valence-electron chi connectivity index (χ4n) is 5.56. The van der Waals surface area contributed by atoms with Crippen LogP contribution in [-0.2, 0) is 15.6 Å². The van der Waals surface area contributed by atoms with Gasteiger partial charge in [0.1, 0.15) is 6.17 Å². The first-order valence-electron chi connectivity index (χ1n) is 12.4. The average molecular weight is 530 g/mol. The van der Waals surface area contributed by atoms with Gasteiger partial charge in [0.25, 0.3) is 0 Å². The largest absolute Gasteiger partial charge is 0.369 e. The van der Waals surface area contributed by atoms with Gasteiger partial charge >= 0.3 is 0 Å². The van der Waals surface area contributed by atoms with Crippen LogP contribution in [-0.4, -0.2) is 71.9 Å². The lowest BCUT2D eigenvalue weighted by Crippen LogP contribution is -2.55. The topological polar surface area (TPSA) is 127 Å². The van der Waals surface area contributed by atoms with Crippen LogP contribution >= 0.6 is 0 Å². The Bertz CT molecular complexity index is 1320. The van der Waals surface area contributed by atoms with Gasteiger partial charge in [0.2, 0.25) is 10.0 Å². The first-order chi connectivity index (χ1) is 17.6. The van der Waals surface area contributed by atoms with E-state index in [0.29, 0.717) is 36.2 Å². The number of nitrogens with zero attached hydrogens (tertiary/aromatic N) is 5. The van der Waals surface area contributed by atoms with E-state index in [0.717, 1.165) is 35.7 Å². The number of aliphatic hydroxyl groups excluding tert-OH is 1. The average Bonchev–Trinajstić information content (AvgIpc) is 3.23. The number of anilines is 2. The van der Waals surface area contributed by atoms with E-state index in [-0.39, 0.29) is 11.3 Å². The molecule has 3 N–H and O–H groups in total. The lowest BCUT2D eigenvalue weighted by molar-refractivity contribution is -0.00410. The Labute approximate surface area is 216 Å². The van der Waals surface area contributed by atoms with Gasteiger partial charge in [0, 0.05) is 45.1 Å². The number of hydrogen-bond donors (Lipinski definition) is 3. The van der Waals surface area contributed by atoms with Crippen molar-refractivity contribution in [2.45, 2.75) is 61.0 Å². The molecule has 1 aromatic heterocycles. The maximum absolute atomic E-state index is 13.4. The van der Waals surface area contributed by atoms with Crippen LogP contribution in [0.1, 0.15) is 49.6 Å². The summed E-state index contributed by atoms with van der Waals surface area (Å²) in [5.41, 5.74) is 1.36. The Balaban J connectivity index is 1.45. The van der Waals surface area contributed by atoms with Crippen LogP contribution in [0.2, 0.25) is 0 Å². The Morgan fingerprint density at radius 3 is 2.54 bits per heavy atom. The van der Waals surface area contributed by atoms with E-state index in [1.807, 2.05) is 10.8 Å². The van der Waals surface area contributed by atoms with Crippen molar-refractivity contribution in [1.29, 1.82) is 5.26 Å². The quantitative estimate of drug-likeness (QED) is 0.500. The zero-order chi connectivity index (χ0) is 26.4. The lowest BCUT2D eigenvalue weighted by atomic mass is 9.76. The number of alkyl halides is 1. The van der Waals surface area contributed by atoms with Gasteiger partial charge in [-0.3, -0.25) is 9.58 Å². The second-order valence-electron chi connectivity index (χ2n) is 10.2. The molecule has 1 saturated carbocycles. The summed E-state index contributed by atoms with van der Waals surface area (Å²) >= 11 is 0. The van der Waals surface area contributed by atoms with Crippen LogP contribution in [0.4, 0.5) is 15.9 Å². The number of nitriles is 1. The highest BCUT2D eigenvalue weighted by Gasteiger charge is 2.44. The number of halogens is 1. The third-order valence-electron chi connectivity index (χ3n) is 7.75. The van der Waals surface area contributed by atoms with Crippen LogP contribution in [0.25, 0.3) is 6.08 Å². The molecule has 0 spiro atoms. The fraction of sp³-hybridized carbons (Fsp3) is 0.520. The summed E-state index contributed by atoms with van der Waals surface area (Å²) in [7, 11) is -0.594. The molecule has 1 saturated heterocycles. The van der Waals surface area contributed by atoms with Gasteiger partial charge in [0.05, 0.1) is 34.2 Å². The third kappa shape index (κ3) is 4.61. The van der Waals surface area contributed by atoms with Gasteiger partial charge in [-0.05, 0) is 56.0 Å². The normalized spacial score (nSPS) is 26.3. The maximum Gasteiger partial charge on any atom is 0.242 e. The molecule has 5 rings (SSSR count). The van der Waals surface area contributed by atoms with Crippen molar-refractivity contribution in [3.8, 4) is 6.07 Å². The highest BCUT2D eigenvalue weighted by Crippen LogP contribution is 2.44. The van der Waals surface area contributed by atoms with Gasteiger partial charge in [-0.1, -0.05) is 0 Å². The van der Waals surface area contributed by atoms with Crippen molar-refractivity contribution in [2.75, 3.05) is 32.5 Å². The molecule has 0 bridgehead atoms. The Kier molecular flexibility index (Phi) is 6.74. The molecule has 0 amide bonds. The summed E-state index contributed by atoms with van der Waals surface area (Å²) in [4.78, 5) is 2.35. The molecule has 12 heteroatoms. The number of nitrogens with one attached hydrogen (secondary N) is 2. The molecule has 1 unspecified atom stereocenters. The van der Waals surface area contributed by atoms with Crippen molar-refractivity contribution < 1.29 is 17.9 Å². The number of benzene rings is 1. The Morgan fingerprint density at radius 2 is 1.95 bits per heavy atom. The van der Waals surface area contributed by atoms with E-state index < -0.39 is 28.0 Å². The first-order valence-corrected chi connectivity index (χ1v) is 13.9. The number of sulfonamides is 1. The van der Waals surface area contributed by atoms with Gasteiger partial charge in [0.15, 0.2) is 12.0 Å². The number of fused-ring (bicyclic) bond motifs is 1. The molecule has 2 aliphatic heterocycles. The molecule has 0 radical (unpaired) electrons. The smallest absolute Gasteiger partial charge is 0.242 e. The predicted octanol–water partition coefficient (Wildman–Crippen LogP) is 2.65. The van der Waals surface area contributed by atoms with Crippen molar-refractivity contribution in [1.82, 2.24) is 24.3 Å². The Hall–Kier alpha value is -2.98. The van der Waals surface area contributed by atoms with Crippen molar-refractivity contribution in [2.24, 2.45) is 0 Å². The van der Waals surface area contributed by atoms with Gasteiger partial charge in [-0.2, -0.15) is 10.4 Å². The lowest BCUT2D eigenvalue weighted by Gasteiger charge is -2.47. The van der Waals surface area contributed by atoms with E-state index >= 15 is 0 Å². The molecule has 37 heavy (non-hydrogen) atoms. The first kappa shape index (κ1) is 25.7. The molecule has 2 fully saturated rings. The highest BCUT2D eigenvalue weighted by molar-refractivity contribution is 7.89. The van der Waals surface area contributed by atoms with E-state index in [4.69, 9.17) is 5.10 Å². The molecule has 1 aliphatic carbocycles. The van der Waals surface area contributed by atoms with Crippen molar-refractivity contribution in [3.05, 3.63) is 41.7 Å².